The molecule has 0 saturated carbocycles. The smallest absolute Gasteiger partial charge is 0.315 e. The summed E-state index contributed by atoms with van der Waals surface area (Å²) in [6, 6.07) is -0.305. The van der Waals surface area contributed by atoms with Crippen molar-refractivity contribution in [1.29, 1.82) is 0 Å². The SMILES string of the molecule is Cc1c(CNC(=O)NC(C)CCCC(=O)O)cnn1C. The first-order valence-electron chi connectivity index (χ1n) is 6.63. The van der Waals surface area contributed by atoms with E-state index >= 15 is 0 Å². The third-order valence-electron chi connectivity index (χ3n) is 3.18. The zero-order chi connectivity index (χ0) is 15.1. The lowest BCUT2D eigenvalue weighted by molar-refractivity contribution is -0.137. The van der Waals surface area contributed by atoms with Crippen LogP contribution in [0.1, 0.15) is 37.4 Å². The fourth-order valence-corrected chi connectivity index (χ4v) is 1.80. The van der Waals surface area contributed by atoms with Crippen LogP contribution in [0.5, 0.6) is 0 Å². The van der Waals surface area contributed by atoms with E-state index in [1.54, 1.807) is 10.9 Å². The summed E-state index contributed by atoms with van der Waals surface area (Å²) in [5, 5.41) is 18.2. The normalized spacial score (nSPS) is 11.9. The van der Waals surface area contributed by atoms with E-state index in [4.69, 9.17) is 5.11 Å². The van der Waals surface area contributed by atoms with Crippen molar-refractivity contribution >= 4 is 12.0 Å². The topological polar surface area (TPSA) is 96.2 Å². The number of nitrogens with one attached hydrogen (secondary N) is 2. The predicted molar refractivity (Wildman–Crippen MR) is 74.3 cm³/mol. The lowest BCUT2D eigenvalue weighted by Gasteiger charge is -2.14. The van der Waals surface area contributed by atoms with Crippen molar-refractivity contribution in [2.45, 2.75) is 45.7 Å². The maximum Gasteiger partial charge on any atom is 0.315 e. The summed E-state index contributed by atoms with van der Waals surface area (Å²) >= 11 is 0. The molecule has 1 unspecified atom stereocenters. The molecule has 1 rings (SSSR count). The van der Waals surface area contributed by atoms with E-state index in [1.165, 1.54) is 0 Å². The molecule has 0 aliphatic heterocycles. The highest BCUT2D eigenvalue weighted by Crippen LogP contribution is 2.04. The average molecular weight is 282 g/mol. The second-order valence-electron chi connectivity index (χ2n) is 4.89. The Morgan fingerprint density at radius 1 is 1.50 bits per heavy atom. The van der Waals surface area contributed by atoms with Gasteiger partial charge in [0.15, 0.2) is 0 Å². The molecular weight excluding hydrogens is 260 g/mol. The Hall–Kier alpha value is -2.05. The van der Waals surface area contributed by atoms with E-state index in [2.05, 4.69) is 15.7 Å². The van der Waals surface area contributed by atoms with Crippen molar-refractivity contribution in [3.05, 3.63) is 17.5 Å². The summed E-state index contributed by atoms with van der Waals surface area (Å²) in [6.45, 7) is 4.22. The van der Waals surface area contributed by atoms with Gasteiger partial charge in [0.1, 0.15) is 0 Å². The number of aromatic nitrogens is 2. The van der Waals surface area contributed by atoms with Gasteiger partial charge >= 0.3 is 12.0 Å². The van der Waals surface area contributed by atoms with Crippen LogP contribution in [0.2, 0.25) is 0 Å². The number of amides is 2. The number of hydrogen-bond donors (Lipinski definition) is 3. The van der Waals surface area contributed by atoms with Crippen molar-refractivity contribution in [1.82, 2.24) is 20.4 Å². The van der Waals surface area contributed by atoms with E-state index in [1.807, 2.05) is 20.9 Å². The summed E-state index contributed by atoms with van der Waals surface area (Å²) in [6.07, 6.45) is 3.05. The van der Waals surface area contributed by atoms with Crippen LogP contribution in [0.15, 0.2) is 6.20 Å². The molecule has 1 atom stereocenters. The Morgan fingerprint density at radius 2 is 2.20 bits per heavy atom. The van der Waals surface area contributed by atoms with Gasteiger partial charge in [-0.1, -0.05) is 0 Å². The molecule has 2 amide bonds. The molecule has 0 aromatic carbocycles. The first kappa shape index (κ1) is 16.0. The van der Waals surface area contributed by atoms with Gasteiger partial charge in [-0.2, -0.15) is 5.10 Å². The molecule has 112 valence electrons. The number of aliphatic carboxylic acids is 1. The zero-order valence-corrected chi connectivity index (χ0v) is 12.1. The van der Waals surface area contributed by atoms with Crippen LogP contribution in [-0.4, -0.2) is 32.9 Å². The van der Waals surface area contributed by atoms with Gasteiger partial charge in [0, 0.05) is 37.3 Å². The van der Waals surface area contributed by atoms with Crippen LogP contribution in [0, 0.1) is 6.92 Å². The van der Waals surface area contributed by atoms with Gasteiger partial charge in [-0.05, 0) is 26.7 Å². The van der Waals surface area contributed by atoms with Gasteiger partial charge < -0.3 is 15.7 Å². The van der Waals surface area contributed by atoms with Gasteiger partial charge in [0.05, 0.1) is 6.20 Å². The number of carbonyl (C=O) groups excluding carboxylic acids is 1. The van der Waals surface area contributed by atoms with Crippen molar-refractivity contribution < 1.29 is 14.7 Å². The van der Waals surface area contributed by atoms with E-state index in [0.717, 1.165) is 11.3 Å². The minimum Gasteiger partial charge on any atom is -0.481 e. The minimum atomic E-state index is -0.811. The minimum absolute atomic E-state index is 0.0515. The molecule has 7 nitrogen and oxygen atoms in total. The van der Waals surface area contributed by atoms with Crippen LogP contribution in [0.25, 0.3) is 0 Å². The Kier molecular flexibility index (Phi) is 6.02. The first-order valence-corrected chi connectivity index (χ1v) is 6.63. The molecule has 1 heterocycles. The first-order chi connectivity index (χ1) is 9.40. The number of carboxylic acids is 1. The van der Waals surface area contributed by atoms with Crippen molar-refractivity contribution in [2.24, 2.45) is 7.05 Å². The predicted octanol–water partition coefficient (Wildman–Crippen LogP) is 1.17. The second-order valence-corrected chi connectivity index (χ2v) is 4.89. The quantitative estimate of drug-likeness (QED) is 0.699. The van der Waals surface area contributed by atoms with E-state index in [0.29, 0.717) is 19.4 Å². The van der Waals surface area contributed by atoms with Crippen LogP contribution >= 0.6 is 0 Å². The Morgan fingerprint density at radius 3 is 2.75 bits per heavy atom. The average Bonchev–Trinajstić information content (AvgIpc) is 2.67. The van der Waals surface area contributed by atoms with Gasteiger partial charge in [-0.3, -0.25) is 9.48 Å². The number of urea groups is 1. The molecule has 0 radical (unpaired) electrons. The van der Waals surface area contributed by atoms with E-state index in [-0.39, 0.29) is 18.5 Å². The van der Waals surface area contributed by atoms with Gasteiger partial charge in [0.2, 0.25) is 0 Å². The molecule has 0 aliphatic carbocycles. The molecule has 1 aromatic heterocycles. The van der Waals surface area contributed by atoms with Crippen molar-refractivity contribution in [3.63, 3.8) is 0 Å². The van der Waals surface area contributed by atoms with Crippen LogP contribution < -0.4 is 10.6 Å². The molecule has 3 N–H and O–H groups in total. The third-order valence-corrected chi connectivity index (χ3v) is 3.18. The fourth-order valence-electron chi connectivity index (χ4n) is 1.80. The maximum absolute atomic E-state index is 11.7. The highest BCUT2D eigenvalue weighted by molar-refractivity contribution is 5.74. The zero-order valence-electron chi connectivity index (χ0n) is 12.1. The van der Waals surface area contributed by atoms with Crippen LogP contribution in [0.4, 0.5) is 4.79 Å². The summed E-state index contributed by atoms with van der Waals surface area (Å²) in [5.74, 6) is -0.811. The maximum atomic E-state index is 11.7. The number of aryl methyl sites for hydroxylation is 1. The van der Waals surface area contributed by atoms with E-state index < -0.39 is 5.97 Å². The molecule has 7 heteroatoms. The third kappa shape index (κ3) is 5.29. The molecule has 0 fully saturated rings. The number of hydrogen-bond acceptors (Lipinski definition) is 3. The highest BCUT2D eigenvalue weighted by atomic mass is 16.4. The van der Waals surface area contributed by atoms with Crippen molar-refractivity contribution in [3.8, 4) is 0 Å². The largest absolute Gasteiger partial charge is 0.481 e. The van der Waals surface area contributed by atoms with Gasteiger partial charge in [-0.15, -0.1) is 0 Å². The number of rotatable bonds is 7. The summed E-state index contributed by atoms with van der Waals surface area (Å²) in [4.78, 5) is 22.1. The molecule has 0 aliphatic rings. The number of carbonyl (C=O) groups is 2. The summed E-state index contributed by atoms with van der Waals surface area (Å²) < 4.78 is 1.75. The number of carboxylic acid groups (broad SMARTS) is 1. The monoisotopic (exact) mass is 282 g/mol. The molecule has 0 spiro atoms. The summed E-state index contributed by atoms with van der Waals surface area (Å²) in [5.41, 5.74) is 1.99. The standard InChI is InChI=1S/C13H22N4O3/c1-9(5-4-6-12(18)19)16-13(20)14-7-11-8-15-17(3)10(11)2/h8-9H,4-7H2,1-3H3,(H,18,19)(H2,14,16,20). The molecule has 20 heavy (non-hydrogen) atoms. The lowest BCUT2D eigenvalue weighted by atomic mass is 10.1. The molecule has 0 saturated heterocycles. The Balaban J connectivity index is 2.26. The number of nitrogens with zero attached hydrogens (tertiary/aromatic N) is 2. The molecule has 1 aromatic rings. The fraction of sp³-hybridized carbons (Fsp3) is 0.615. The summed E-state index contributed by atoms with van der Waals surface area (Å²) in [7, 11) is 1.85. The lowest BCUT2D eigenvalue weighted by Crippen LogP contribution is -2.40. The second kappa shape index (κ2) is 7.52. The molecular formula is C13H22N4O3. The van der Waals surface area contributed by atoms with Crippen LogP contribution in [0.3, 0.4) is 0 Å². The van der Waals surface area contributed by atoms with E-state index in [9.17, 15) is 9.59 Å². The highest BCUT2D eigenvalue weighted by Gasteiger charge is 2.09. The Labute approximate surface area is 118 Å². The Bertz CT molecular complexity index is 470. The van der Waals surface area contributed by atoms with Gasteiger partial charge in [0.25, 0.3) is 0 Å². The molecule has 0 bridgehead atoms. The van der Waals surface area contributed by atoms with Crippen LogP contribution in [-0.2, 0) is 18.4 Å². The van der Waals surface area contributed by atoms with Crippen molar-refractivity contribution in [2.75, 3.05) is 0 Å². The van der Waals surface area contributed by atoms with Gasteiger partial charge in [-0.25, -0.2) is 4.79 Å².